The van der Waals surface area contributed by atoms with Crippen LogP contribution >= 0.6 is 0 Å². The Morgan fingerprint density at radius 2 is 2.00 bits per heavy atom. The lowest BCUT2D eigenvalue weighted by atomic mass is 10.1. The van der Waals surface area contributed by atoms with Crippen molar-refractivity contribution < 1.29 is 13.2 Å². The molecule has 1 rings (SSSR count). The number of sulfone groups is 1. The van der Waals surface area contributed by atoms with Gasteiger partial charge in [-0.2, -0.15) is 0 Å². The largest absolute Gasteiger partial charge is 0.492 e. The Balaban J connectivity index is 2.68. The lowest BCUT2D eigenvalue weighted by Crippen LogP contribution is -2.22. The molecule has 108 valence electrons. The van der Waals surface area contributed by atoms with Crippen LogP contribution in [0.1, 0.15) is 25.0 Å². The van der Waals surface area contributed by atoms with E-state index in [0.717, 1.165) is 23.3 Å². The van der Waals surface area contributed by atoms with Gasteiger partial charge in [0, 0.05) is 0 Å². The van der Waals surface area contributed by atoms with Crippen LogP contribution < -0.4 is 10.5 Å². The molecule has 0 aromatic heterocycles. The van der Waals surface area contributed by atoms with E-state index in [4.69, 9.17) is 10.5 Å². The third-order valence-corrected chi connectivity index (χ3v) is 5.15. The fourth-order valence-electron chi connectivity index (χ4n) is 1.70. The normalized spacial score (nSPS) is 11.8. The molecule has 0 saturated heterocycles. The van der Waals surface area contributed by atoms with Gasteiger partial charge in [0.1, 0.15) is 12.4 Å². The van der Waals surface area contributed by atoms with E-state index in [1.807, 2.05) is 25.1 Å². The zero-order chi connectivity index (χ0) is 14.5. The van der Waals surface area contributed by atoms with E-state index in [2.05, 4.69) is 0 Å². The number of nitrogens with two attached hydrogens (primary N) is 1. The molecule has 2 N–H and O–H groups in total. The van der Waals surface area contributed by atoms with Crippen molar-refractivity contribution in [3.8, 4) is 5.75 Å². The van der Waals surface area contributed by atoms with E-state index < -0.39 is 9.84 Å². The van der Waals surface area contributed by atoms with Crippen LogP contribution in [0.5, 0.6) is 5.75 Å². The monoisotopic (exact) mass is 285 g/mol. The lowest BCUT2D eigenvalue weighted by molar-refractivity contribution is 0.337. The van der Waals surface area contributed by atoms with Crippen LogP contribution in [0.25, 0.3) is 0 Å². The molecule has 4 nitrogen and oxygen atoms in total. The quantitative estimate of drug-likeness (QED) is 0.828. The van der Waals surface area contributed by atoms with Crippen molar-refractivity contribution in [3.05, 3.63) is 29.3 Å². The van der Waals surface area contributed by atoms with Crippen LogP contribution in [0.15, 0.2) is 18.2 Å². The number of aryl methyl sites for hydroxylation is 1. The van der Waals surface area contributed by atoms with E-state index in [1.54, 1.807) is 13.8 Å². The van der Waals surface area contributed by atoms with Gasteiger partial charge in [0.25, 0.3) is 0 Å². The highest BCUT2D eigenvalue weighted by molar-refractivity contribution is 7.91. The Morgan fingerprint density at radius 1 is 1.32 bits per heavy atom. The predicted octanol–water partition coefficient (Wildman–Crippen LogP) is 1.70. The molecule has 0 fully saturated rings. The zero-order valence-corrected chi connectivity index (χ0v) is 12.7. The van der Waals surface area contributed by atoms with Gasteiger partial charge in [-0.25, -0.2) is 8.42 Å². The number of benzene rings is 1. The first-order valence-electron chi connectivity index (χ1n) is 6.51. The third-order valence-electron chi connectivity index (χ3n) is 2.97. The molecule has 0 heterocycles. The predicted molar refractivity (Wildman–Crippen MR) is 78.4 cm³/mol. The zero-order valence-electron chi connectivity index (χ0n) is 11.8. The molecule has 0 unspecified atom stereocenters. The third kappa shape index (κ3) is 4.84. The first-order chi connectivity index (χ1) is 8.86. The average molecular weight is 285 g/mol. The second kappa shape index (κ2) is 6.91. The Bertz CT molecular complexity index is 509. The van der Waals surface area contributed by atoms with E-state index in [1.165, 1.54) is 0 Å². The average Bonchev–Trinajstić information content (AvgIpc) is 2.32. The van der Waals surface area contributed by atoms with Crippen molar-refractivity contribution >= 4 is 9.84 Å². The van der Waals surface area contributed by atoms with Crippen molar-refractivity contribution in [1.29, 1.82) is 0 Å². The Kier molecular flexibility index (Phi) is 5.82. The summed E-state index contributed by atoms with van der Waals surface area (Å²) in [6, 6.07) is 5.85. The highest BCUT2D eigenvalue weighted by atomic mass is 32.2. The minimum absolute atomic E-state index is 0.0423. The van der Waals surface area contributed by atoms with Crippen molar-refractivity contribution in [2.45, 2.75) is 32.4 Å². The molecular weight excluding hydrogens is 262 g/mol. The molecule has 1 aromatic carbocycles. The van der Waals surface area contributed by atoms with Crippen LogP contribution in [-0.4, -0.2) is 32.6 Å². The van der Waals surface area contributed by atoms with Crippen LogP contribution in [0.4, 0.5) is 0 Å². The van der Waals surface area contributed by atoms with E-state index in [-0.39, 0.29) is 17.6 Å². The summed E-state index contributed by atoms with van der Waals surface area (Å²) >= 11 is 0. The summed E-state index contributed by atoms with van der Waals surface area (Å²) in [6.45, 7) is 6.10. The van der Waals surface area contributed by atoms with Crippen LogP contribution in [0.3, 0.4) is 0 Å². The first-order valence-corrected chi connectivity index (χ1v) is 8.22. The SMILES string of the molecule is Cc1ccc(OCCS(=O)(=O)C(C)C)c(CCN)c1. The minimum atomic E-state index is -3.05. The van der Waals surface area contributed by atoms with Crippen LogP contribution in [-0.2, 0) is 16.3 Å². The molecule has 0 bridgehead atoms. The lowest BCUT2D eigenvalue weighted by Gasteiger charge is -2.13. The molecule has 0 amide bonds. The van der Waals surface area contributed by atoms with E-state index >= 15 is 0 Å². The number of rotatable bonds is 7. The number of hydrogen-bond donors (Lipinski definition) is 1. The molecule has 0 aliphatic heterocycles. The van der Waals surface area contributed by atoms with Gasteiger partial charge in [-0.05, 0) is 45.4 Å². The summed E-state index contributed by atoms with van der Waals surface area (Å²) in [5, 5.41) is -0.363. The molecule has 5 heteroatoms. The maximum Gasteiger partial charge on any atom is 0.155 e. The van der Waals surface area contributed by atoms with Gasteiger partial charge in [-0.15, -0.1) is 0 Å². The summed E-state index contributed by atoms with van der Waals surface area (Å²) in [5.74, 6) is 0.774. The van der Waals surface area contributed by atoms with Gasteiger partial charge in [-0.1, -0.05) is 17.7 Å². The van der Waals surface area contributed by atoms with Crippen molar-refractivity contribution in [2.24, 2.45) is 5.73 Å². The maximum absolute atomic E-state index is 11.7. The molecule has 0 aliphatic rings. The smallest absolute Gasteiger partial charge is 0.155 e. The molecule has 19 heavy (non-hydrogen) atoms. The molecular formula is C14H23NO3S. The second-order valence-corrected chi connectivity index (χ2v) is 7.59. The minimum Gasteiger partial charge on any atom is -0.492 e. The van der Waals surface area contributed by atoms with E-state index in [9.17, 15) is 8.42 Å². The van der Waals surface area contributed by atoms with Crippen molar-refractivity contribution in [2.75, 3.05) is 18.9 Å². The summed E-state index contributed by atoms with van der Waals surface area (Å²) in [7, 11) is -3.05. The van der Waals surface area contributed by atoms with Gasteiger partial charge in [0.15, 0.2) is 9.84 Å². The molecule has 1 aromatic rings. The second-order valence-electron chi connectivity index (χ2n) is 4.91. The topological polar surface area (TPSA) is 69.4 Å². The maximum atomic E-state index is 11.7. The van der Waals surface area contributed by atoms with Gasteiger partial charge < -0.3 is 10.5 Å². The molecule has 0 radical (unpaired) electrons. The highest BCUT2D eigenvalue weighted by Gasteiger charge is 2.16. The van der Waals surface area contributed by atoms with Crippen molar-refractivity contribution in [1.82, 2.24) is 0 Å². The summed E-state index contributed by atoms with van der Waals surface area (Å²) in [4.78, 5) is 0. The van der Waals surface area contributed by atoms with Gasteiger partial charge in [-0.3, -0.25) is 0 Å². The van der Waals surface area contributed by atoms with Crippen molar-refractivity contribution in [3.63, 3.8) is 0 Å². The van der Waals surface area contributed by atoms with Gasteiger partial charge in [0.2, 0.25) is 0 Å². The first kappa shape index (κ1) is 16.0. The van der Waals surface area contributed by atoms with Crippen LogP contribution in [0.2, 0.25) is 0 Å². The molecule has 0 aliphatic carbocycles. The Hall–Kier alpha value is -1.07. The molecule has 0 atom stereocenters. The van der Waals surface area contributed by atoms with Gasteiger partial charge in [0.05, 0.1) is 11.0 Å². The molecule has 0 spiro atoms. The summed E-state index contributed by atoms with van der Waals surface area (Å²) in [5.41, 5.74) is 7.74. The van der Waals surface area contributed by atoms with Crippen LogP contribution in [0, 0.1) is 6.92 Å². The Morgan fingerprint density at radius 3 is 2.58 bits per heavy atom. The van der Waals surface area contributed by atoms with E-state index in [0.29, 0.717) is 6.54 Å². The molecule has 0 saturated carbocycles. The standard InChI is InChI=1S/C14H23NO3S/c1-11(2)19(16,17)9-8-18-14-5-4-12(3)10-13(14)6-7-15/h4-5,10-11H,6-9,15H2,1-3H3. The van der Waals surface area contributed by atoms with Gasteiger partial charge >= 0.3 is 0 Å². The fourth-order valence-corrected chi connectivity index (χ4v) is 2.49. The summed E-state index contributed by atoms with van der Waals surface area (Å²) in [6.07, 6.45) is 0.730. The number of ether oxygens (including phenoxy) is 1. The Labute approximate surface area is 115 Å². The highest BCUT2D eigenvalue weighted by Crippen LogP contribution is 2.20. The summed E-state index contributed by atoms with van der Waals surface area (Å²) < 4.78 is 29.0. The number of hydrogen-bond acceptors (Lipinski definition) is 4. The fraction of sp³-hybridized carbons (Fsp3) is 0.571.